The van der Waals surface area contributed by atoms with E-state index in [4.69, 9.17) is 5.11 Å². The number of methoxy groups -OCH3 is 1. The van der Waals surface area contributed by atoms with E-state index in [0.717, 1.165) is 26.1 Å². The minimum atomic E-state index is -0.563. The number of nitrogens with one attached hydrogen (secondary N) is 1. The third-order valence-electron chi connectivity index (χ3n) is 6.33. The molecule has 0 unspecified atom stereocenters. The summed E-state index contributed by atoms with van der Waals surface area (Å²) in [5, 5.41) is 9.57. The molecule has 7 heteroatoms. The van der Waals surface area contributed by atoms with Gasteiger partial charge in [0.05, 0.1) is 25.2 Å². The number of benzene rings is 1. The molecule has 7 nitrogen and oxygen atoms in total. The van der Waals surface area contributed by atoms with E-state index >= 15 is 0 Å². The number of hydrogen-bond donors (Lipinski definition) is 2. The third kappa shape index (κ3) is 4.49. The number of likely N-dealkylation sites (N-methyl/N-ethyl adjacent to an activating group) is 1. The minimum absolute atomic E-state index is 0.0445. The van der Waals surface area contributed by atoms with Gasteiger partial charge < -0.3 is 19.7 Å². The van der Waals surface area contributed by atoms with Crippen LogP contribution in [0.2, 0.25) is 0 Å². The number of fused-ring (bicyclic) bond motifs is 2. The predicted octanol–water partition coefficient (Wildman–Crippen LogP) is 2.61. The number of rotatable bonds is 5. The molecule has 2 aromatic rings. The number of aliphatic hydroxyl groups is 1. The average molecular weight is 440 g/mol. The second-order valence-corrected chi connectivity index (χ2v) is 8.19. The largest absolute Gasteiger partial charge is 0.466 e. The Labute approximate surface area is 189 Å². The van der Waals surface area contributed by atoms with Crippen LogP contribution in [0.1, 0.15) is 25.0 Å². The molecular weight excluding hydrogens is 406 g/mol. The van der Waals surface area contributed by atoms with Gasteiger partial charge in [0.2, 0.25) is 5.91 Å². The monoisotopic (exact) mass is 439 g/mol. The van der Waals surface area contributed by atoms with Gasteiger partial charge >= 0.3 is 5.97 Å². The van der Waals surface area contributed by atoms with Crippen LogP contribution in [0.5, 0.6) is 0 Å². The molecule has 1 aromatic heterocycles. The SMILES string of the molecule is C=C(CO)C(=O)OC.CCN(CC)C(=O)[C@@H]1C=C2c3cccc4[nH]cc(c34)C[C@H]2N(C)C1. The molecule has 0 saturated carbocycles. The van der Waals surface area contributed by atoms with Gasteiger partial charge in [-0.15, -0.1) is 0 Å². The second kappa shape index (κ2) is 10.1. The van der Waals surface area contributed by atoms with E-state index in [2.05, 4.69) is 72.6 Å². The topological polar surface area (TPSA) is 85.9 Å². The lowest BCUT2D eigenvalue weighted by Crippen LogP contribution is -2.47. The molecule has 1 aliphatic carbocycles. The zero-order valence-corrected chi connectivity index (χ0v) is 19.4. The summed E-state index contributed by atoms with van der Waals surface area (Å²) in [6.07, 6.45) is 5.41. The second-order valence-electron chi connectivity index (χ2n) is 8.19. The van der Waals surface area contributed by atoms with Crippen LogP contribution < -0.4 is 0 Å². The summed E-state index contributed by atoms with van der Waals surface area (Å²) in [4.78, 5) is 30.8. The highest BCUT2D eigenvalue weighted by molar-refractivity contribution is 5.99. The number of H-pyrrole nitrogens is 1. The van der Waals surface area contributed by atoms with Crippen molar-refractivity contribution in [2.24, 2.45) is 5.92 Å². The van der Waals surface area contributed by atoms with Crippen molar-refractivity contribution in [2.45, 2.75) is 26.3 Å². The molecule has 2 atom stereocenters. The van der Waals surface area contributed by atoms with Gasteiger partial charge in [-0.2, -0.15) is 0 Å². The maximum absolute atomic E-state index is 12.9. The van der Waals surface area contributed by atoms with Gasteiger partial charge in [-0.05, 0) is 50.1 Å². The number of aromatic amines is 1. The summed E-state index contributed by atoms with van der Waals surface area (Å²) in [6, 6.07) is 6.82. The summed E-state index contributed by atoms with van der Waals surface area (Å²) in [5.74, 6) is -0.353. The minimum Gasteiger partial charge on any atom is -0.466 e. The molecule has 0 radical (unpaired) electrons. The smallest absolute Gasteiger partial charge is 0.335 e. The van der Waals surface area contributed by atoms with Crippen LogP contribution in [-0.4, -0.2) is 78.2 Å². The van der Waals surface area contributed by atoms with E-state index in [9.17, 15) is 9.59 Å². The van der Waals surface area contributed by atoms with E-state index < -0.39 is 5.97 Å². The lowest BCUT2D eigenvalue weighted by atomic mass is 9.79. The van der Waals surface area contributed by atoms with E-state index in [1.807, 2.05) is 4.90 Å². The number of aromatic nitrogens is 1. The molecule has 0 bridgehead atoms. The molecule has 2 heterocycles. The summed E-state index contributed by atoms with van der Waals surface area (Å²) in [5.41, 5.74) is 5.29. The van der Waals surface area contributed by atoms with E-state index in [0.29, 0.717) is 6.04 Å². The van der Waals surface area contributed by atoms with Gasteiger partial charge in [-0.1, -0.05) is 24.8 Å². The fourth-order valence-electron chi connectivity index (χ4n) is 4.58. The number of ether oxygens (including phenoxy) is 1. The van der Waals surface area contributed by atoms with Crippen molar-refractivity contribution < 1.29 is 19.4 Å². The first-order valence-corrected chi connectivity index (χ1v) is 11.0. The summed E-state index contributed by atoms with van der Waals surface area (Å²) in [6.45, 7) is 9.34. The number of amides is 1. The molecule has 1 aliphatic heterocycles. The number of nitrogens with zero attached hydrogens (tertiary/aromatic N) is 2. The molecule has 32 heavy (non-hydrogen) atoms. The Morgan fingerprint density at radius 2 is 2.03 bits per heavy atom. The van der Waals surface area contributed by atoms with Crippen molar-refractivity contribution in [3.63, 3.8) is 0 Å². The van der Waals surface area contributed by atoms with Crippen molar-refractivity contribution in [1.29, 1.82) is 0 Å². The fraction of sp³-hybridized carbons (Fsp3) is 0.440. The lowest BCUT2D eigenvalue weighted by molar-refractivity contribution is -0.136. The quantitative estimate of drug-likeness (QED) is 0.553. The summed E-state index contributed by atoms with van der Waals surface area (Å²) < 4.78 is 4.20. The number of aliphatic hydroxyl groups excluding tert-OH is 1. The van der Waals surface area contributed by atoms with Gasteiger partial charge in [-0.3, -0.25) is 9.69 Å². The van der Waals surface area contributed by atoms with Gasteiger partial charge in [0.25, 0.3) is 0 Å². The van der Waals surface area contributed by atoms with Crippen molar-refractivity contribution in [3.05, 3.63) is 53.8 Å². The predicted molar refractivity (Wildman–Crippen MR) is 126 cm³/mol. The highest BCUT2D eigenvalue weighted by Gasteiger charge is 2.36. The highest BCUT2D eigenvalue weighted by Crippen LogP contribution is 2.40. The molecule has 0 fully saturated rings. The Hall–Kier alpha value is -2.90. The van der Waals surface area contributed by atoms with Crippen LogP contribution in [0.15, 0.2) is 42.6 Å². The molecule has 2 aliphatic rings. The van der Waals surface area contributed by atoms with Crippen LogP contribution in [0.25, 0.3) is 16.5 Å². The lowest BCUT2D eigenvalue weighted by Gasteiger charge is -2.40. The maximum atomic E-state index is 12.9. The van der Waals surface area contributed by atoms with Crippen LogP contribution >= 0.6 is 0 Å². The Bertz CT molecular complexity index is 1020. The first-order valence-electron chi connectivity index (χ1n) is 11.0. The van der Waals surface area contributed by atoms with Gasteiger partial charge in [0.1, 0.15) is 0 Å². The number of hydrogen-bond acceptors (Lipinski definition) is 5. The third-order valence-corrected chi connectivity index (χ3v) is 6.33. The molecule has 1 amide bonds. The Morgan fingerprint density at radius 3 is 2.62 bits per heavy atom. The van der Waals surface area contributed by atoms with Crippen molar-refractivity contribution in [3.8, 4) is 0 Å². The van der Waals surface area contributed by atoms with Gasteiger partial charge in [-0.25, -0.2) is 4.79 Å². The van der Waals surface area contributed by atoms with Crippen molar-refractivity contribution >= 4 is 28.4 Å². The van der Waals surface area contributed by atoms with Crippen molar-refractivity contribution in [2.75, 3.05) is 40.4 Å². The summed E-state index contributed by atoms with van der Waals surface area (Å²) in [7, 11) is 3.39. The maximum Gasteiger partial charge on any atom is 0.335 e. The first kappa shape index (κ1) is 23.8. The van der Waals surface area contributed by atoms with Crippen LogP contribution in [-0.2, 0) is 20.7 Å². The van der Waals surface area contributed by atoms with Crippen LogP contribution in [0, 0.1) is 5.92 Å². The summed E-state index contributed by atoms with van der Waals surface area (Å²) >= 11 is 0. The Morgan fingerprint density at radius 1 is 1.31 bits per heavy atom. The zero-order valence-electron chi connectivity index (χ0n) is 19.4. The normalized spacial score (nSPS) is 19.3. The van der Waals surface area contributed by atoms with Crippen molar-refractivity contribution in [1.82, 2.24) is 14.8 Å². The number of carbonyl (C=O) groups excluding carboxylic acids is 2. The average Bonchev–Trinajstić information content (AvgIpc) is 3.24. The van der Waals surface area contributed by atoms with Crippen LogP contribution in [0.3, 0.4) is 0 Å². The molecule has 1 aromatic carbocycles. The van der Waals surface area contributed by atoms with E-state index in [-0.39, 0.29) is 24.0 Å². The molecular formula is C25H33N3O4. The van der Waals surface area contributed by atoms with Crippen LogP contribution in [0.4, 0.5) is 0 Å². The molecule has 0 saturated heterocycles. The standard InChI is InChI=1S/C20H25N3O.C5H8O3/c1-4-23(5-2)20(24)14-9-16-15-7-6-8-17-19(15)13(11-21-17)10-18(16)22(3)12-14;1-4(3-6)5(7)8-2/h6-9,11,14,18,21H,4-5,10,12H2,1-3H3;6H,1,3H2,2H3/t14-,18-;/m1./s1. The fourth-order valence-corrected chi connectivity index (χ4v) is 4.58. The first-order chi connectivity index (χ1) is 15.4. The highest BCUT2D eigenvalue weighted by atomic mass is 16.5. The molecule has 0 spiro atoms. The molecule has 4 rings (SSSR count). The van der Waals surface area contributed by atoms with E-state index in [1.165, 1.54) is 34.7 Å². The van der Waals surface area contributed by atoms with E-state index in [1.54, 1.807) is 0 Å². The Balaban J connectivity index is 0.000000312. The molecule has 2 N–H and O–H groups in total. The number of esters is 1. The van der Waals surface area contributed by atoms with Gasteiger partial charge in [0.15, 0.2) is 0 Å². The number of carbonyl (C=O) groups is 2. The van der Waals surface area contributed by atoms with Gasteiger partial charge in [0, 0.05) is 42.8 Å². The Kier molecular flexibility index (Phi) is 7.53. The molecule has 172 valence electrons. The zero-order chi connectivity index (χ0) is 23.4.